The molecule has 0 spiro atoms. The summed E-state index contributed by atoms with van der Waals surface area (Å²) in [4.78, 5) is 11.1. The van der Waals surface area contributed by atoms with E-state index in [0.29, 0.717) is 5.56 Å². The highest BCUT2D eigenvalue weighted by molar-refractivity contribution is 6.08. The number of hydrogen-bond acceptors (Lipinski definition) is 2. The Morgan fingerprint density at radius 2 is 2.33 bits per heavy atom. The van der Waals surface area contributed by atoms with E-state index in [2.05, 4.69) is 12.6 Å². The zero-order chi connectivity index (χ0) is 8.97. The maximum Gasteiger partial charge on any atom is 0.337 e. The van der Waals surface area contributed by atoms with Crippen molar-refractivity contribution in [2.75, 3.05) is 7.11 Å². The van der Waals surface area contributed by atoms with E-state index in [1.54, 1.807) is 6.07 Å². The molecule has 2 nitrogen and oxygen atoms in total. The van der Waals surface area contributed by atoms with E-state index in [0.717, 1.165) is 11.9 Å². The molecule has 0 aromatic heterocycles. The number of rotatable bonds is 2. The highest BCUT2D eigenvalue weighted by Gasteiger charge is 2.03. The third-order valence-electron chi connectivity index (χ3n) is 1.76. The van der Waals surface area contributed by atoms with Crippen molar-refractivity contribution >= 4 is 13.8 Å². The van der Waals surface area contributed by atoms with Crippen molar-refractivity contribution in [3.63, 3.8) is 0 Å². The summed E-state index contributed by atoms with van der Waals surface area (Å²) in [6.07, 6.45) is 0.935. The molecule has 0 N–H and O–H groups in total. The summed E-state index contributed by atoms with van der Waals surface area (Å²) in [5.41, 5.74) is 1.77. The molecular formula is C9H11BO2. The van der Waals surface area contributed by atoms with Crippen LogP contribution in [-0.2, 0) is 11.1 Å². The number of esters is 1. The van der Waals surface area contributed by atoms with Crippen molar-refractivity contribution in [1.29, 1.82) is 0 Å². The molecule has 1 aromatic carbocycles. The van der Waals surface area contributed by atoms with Crippen LogP contribution in [0.3, 0.4) is 0 Å². The van der Waals surface area contributed by atoms with E-state index < -0.39 is 0 Å². The summed E-state index contributed by atoms with van der Waals surface area (Å²) >= 11 is 0. The Bertz CT molecular complexity index is 284. The zero-order valence-electron chi connectivity index (χ0n) is 7.33. The average Bonchev–Trinajstić information content (AvgIpc) is 2.17. The third-order valence-corrected chi connectivity index (χ3v) is 1.76. The van der Waals surface area contributed by atoms with Gasteiger partial charge in [-0.2, -0.15) is 0 Å². The van der Waals surface area contributed by atoms with Crippen LogP contribution in [0.25, 0.3) is 0 Å². The van der Waals surface area contributed by atoms with Crippen LogP contribution in [0.1, 0.15) is 15.9 Å². The second-order valence-electron chi connectivity index (χ2n) is 2.55. The molecule has 62 valence electrons. The minimum absolute atomic E-state index is 0.273. The lowest BCUT2D eigenvalue weighted by atomic mass is 9.96. The van der Waals surface area contributed by atoms with Crippen LogP contribution in [0, 0.1) is 0 Å². The monoisotopic (exact) mass is 162 g/mol. The second kappa shape index (κ2) is 3.95. The Balaban J connectivity index is 2.93. The van der Waals surface area contributed by atoms with Gasteiger partial charge >= 0.3 is 5.97 Å². The fourth-order valence-corrected chi connectivity index (χ4v) is 1.04. The van der Waals surface area contributed by atoms with Gasteiger partial charge in [-0.1, -0.05) is 24.0 Å². The number of ether oxygens (including phenoxy) is 1. The topological polar surface area (TPSA) is 26.3 Å². The van der Waals surface area contributed by atoms with E-state index >= 15 is 0 Å². The molecule has 0 aliphatic heterocycles. The lowest BCUT2D eigenvalue weighted by molar-refractivity contribution is 0.0600. The quantitative estimate of drug-likeness (QED) is 0.470. The molecule has 0 fully saturated rings. The Hall–Kier alpha value is -1.25. The van der Waals surface area contributed by atoms with Gasteiger partial charge in [-0.05, 0) is 12.1 Å². The Morgan fingerprint density at radius 3 is 2.92 bits per heavy atom. The predicted octanol–water partition coefficient (Wildman–Crippen LogP) is 0.606. The Morgan fingerprint density at radius 1 is 1.58 bits per heavy atom. The first-order valence-corrected chi connectivity index (χ1v) is 3.95. The van der Waals surface area contributed by atoms with Gasteiger partial charge in [0.05, 0.1) is 12.7 Å². The van der Waals surface area contributed by atoms with Gasteiger partial charge in [0.25, 0.3) is 0 Å². The summed E-state index contributed by atoms with van der Waals surface area (Å²) in [5.74, 6) is -0.273. The van der Waals surface area contributed by atoms with E-state index in [9.17, 15) is 4.79 Å². The molecule has 0 radical (unpaired) electrons. The molecule has 0 aliphatic carbocycles. The minimum atomic E-state index is -0.273. The van der Waals surface area contributed by atoms with Gasteiger partial charge in [0.15, 0.2) is 0 Å². The standard InChI is InChI=1S/C9H11BO2/c1-12-9(11)8-4-2-3-7(5-8)6-10/h2-5H,6,10H2,1H3. The summed E-state index contributed by atoms with van der Waals surface area (Å²) in [6, 6.07) is 7.47. The molecular weight excluding hydrogens is 151 g/mol. The summed E-state index contributed by atoms with van der Waals surface area (Å²) < 4.78 is 4.60. The van der Waals surface area contributed by atoms with Crippen LogP contribution >= 0.6 is 0 Å². The van der Waals surface area contributed by atoms with Crippen LogP contribution in [0.2, 0.25) is 0 Å². The third kappa shape index (κ3) is 1.88. The highest BCUT2D eigenvalue weighted by Crippen LogP contribution is 2.05. The summed E-state index contributed by atoms with van der Waals surface area (Å²) in [7, 11) is 3.44. The van der Waals surface area contributed by atoms with Gasteiger partial charge in [0.2, 0.25) is 0 Å². The fraction of sp³-hybridized carbons (Fsp3) is 0.222. The lowest BCUT2D eigenvalue weighted by Gasteiger charge is -2.00. The highest BCUT2D eigenvalue weighted by atomic mass is 16.5. The number of carbonyl (C=O) groups excluding carboxylic acids is 1. The van der Waals surface area contributed by atoms with E-state index in [1.807, 2.05) is 18.2 Å². The van der Waals surface area contributed by atoms with E-state index in [4.69, 9.17) is 0 Å². The number of benzene rings is 1. The minimum Gasteiger partial charge on any atom is -0.465 e. The van der Waals surface area contributed by atoms with E-state index in [1.165, 1.54) is 7.11 Å². The molecule has 0 heterocycles. The smallest absolute Gasteiger partial charge is 0.337 e. The fourth-order valence-electron chi connectivity index (χ4n) is 1.04. The normalized spacial score (nSPS) is 9.42. The SMILES string of the molecule is BCc1cccc(C(=O)OC)c1. The molecule has 0 bridgehead atoms. The van der Waals surface area contributed by atoms with Gasteiger partial charge < -0.3 is 4.74 Å². The van der Waals surface area contributed by atoms with Crippen LogP contribution in [0.4, 0.5) is 0 Å². The molecule has 0 atom stereocenters. The molecule has 1 rings (SSSR count). The molecule has 0 saturated carbocycles. The first-order valence-electron chi connectivity index (χ1n) is 3.95. The van der Waals surface area contributed by atoms with Gasteiger partial charge in [0.1, 0.15) is 7.85 Å². The van der Waals surface area contributed by atoms with Crippen LogP contribution in [-0.4, -0.2) is 20.9 Å². The maximum atomic E-state index is 11.1. The molecule has 0 saturated heterocycles. The molecule has 0 unspecified atom stereocenters. The lowest BCUT2D eigenvalue weighted by Crippen LogP contribution is -2.01. The summed E-state index contributed by atoms with van der Waals surface area (Å²) in [5, 5.41) is 0. The van der Waals surface area contributed by atoms with E-state index in [-0.39, 0.29) is 5.97 Å². The van der Waals surface area contributed by atoms with Crippen molar-refractivity contribution in [3.8, 4) is 0 Å². The predicted molar refractivity (Wildman–Crippen MR) is 50.0 cm³/mol. The van der Waals surface area contributed by atoms with Crippen LogP contribution in [0.15, 0.2) is 24.3 Å². The van der Waals surface area contributed by atoms with Crippen molar-refractivity contribution in [1.82, 2.24) is 0 Å². The second-order valence-corrected chi connectivity index (χ2v) is 2.55. The van der Waals surface area contributed by atoms with Crippen molar-refractivity contribution in [3.05, 3.63) is 35.4 Å². The van der Waals surface area contributed by atoms with Crippen molar-refractivity contribution in [2.45, 2.75) is 6.32 Å². The van der Waals surface area contributed by atoms with Gasteiger partial charge in [0, 0.05) is 0 Å². The van der Waals surface area contributed by atoms with Crippen LogP contribution < -0.4 is 0 Å². The number of methoxy groups -OCH3 is 1. The first kappa shape index (κ1) is 8.85. The van der Waals surface area contributed by atoms with Gasteiger partial charge in [-0.15, -0.1) is 0 Å². The maximum absolute atomic E-state index is 11.1. The number of hydrogen-bond donors (Lipinski definition) is 0. The molecule has 1 aromatic rings. The zero-order valence-corrected chi connectivity index (χ0v) is 7.33. The number of carbonyl (C=O) groups is 1. The Labute approximate surface area is 73.0 Å². The van der Waals surface area contributed by atoms with Gasteiger partial charge in [-0.3, -0.25) is 0 Å². The molecule has 0 amide bonds. The molecule has 0 aliphatic rings. The molecule has 3 heteroatoms. The van der Waals surface area contributed by atoms with Gasteiger partial charge in [-0.25, -0.2) is 4.79 Å². The average molecular weight is 162 g/mol. The van der Waals surface area contributed by atoms with Crippen LogP contribution in [0.5, 0.6) is 0 Å². The Kier molecular flexibility index (Phi) is 2.91. The first-order chi connectivity index (χ1) is 5.77. The van der Waals surface area contributed by atoms with Crippen molar-refractivity contribution in [2.24, 2.45) is 0 Å². The largest absolute Gasteiger partial charge is 0.465 e. The molecule has 12 heavy (non-hydrogen) atoms. The van der Waals surface area contributed by atoms with Crippen molar-refractivity contribution < 1.29 is 9.53 Å². The summed E-state index contributed by atoms with van der Waals surface area (Å²) in [6.45, 7) is 0.